The van der Waals surface area contributed by atoms with Crippen LogP contribution in [-0.2, 0) is 6.54 Å². The zero-order valence-corrected chi connectivity index (χ0v) is 11.4. The van der Waals surface area contributed by atoms with Crippen LogP contribution in [0.5, 0.6) is 0 Å². The molecule has 0 bridgehead atoms. The number of rotatable bonds is 5. The zero-order chi connectivity index (χ0) is 12.9. The van der Waals surface area contributed by atoms with Gasteiger partial charge in [0.25, 0.3) is 0 Å². The summed E-state index contributed by atoms with van der Waals surface area (Å²) < 4.78 is 0. The van der Waals surface area contributed by atoms with E-state index in [-0.39, 0.29) is 6.04 Å². The van der Waals surface area contributed by atoms with Crippen LogP contribution in [0.1, 0.15) is 22.0 Å². The van der Waals surface area contributed by atoms with Crippen LogP contribution in [0.2, 0.25) is 0 Å². The van der Waals surface area contributed by atoms with E-state index in [0.29, 0.717) is 0 Å². The Bertz CT molecular complexity index is 585. The predicted molar refractivity (Wildman–Crippen MR) is 80.2 cm³/mol. The van der Waals surface area contributed by atoms with Crippen LogP contribution in [0, 0.1) is 0 Å². The van der Waals surface area contributed by atoms with Crippen molar-refractivity contribution in [3.63, 3.8) is 0 Å². The summed E-state index contributed by atoms with van der Waals surface area (Å²) in [6.45, 7) is 0.862. The lowest BCUT2D eigenvalue weighted by molar-refractivity contribution is 0.613. The van der Waals surface area contributed by atoms with Crippen molar-refractivity contribution in [1.82, 2.24) is 10.3 Å². The molecule has 1 atom stereocenters. The van der Waals surface area contributed by atoms with Crippen LogP contribution in [0.15, 0.2) is 66.3 Å². The van der Waals surface area contributed by atoms with Gasteiger partial charge in [0.15, 0.2) is 0 Å². The number of hydrogen-bond donors (Lipinski definition) is 2. The normalized spacial score (nSPS) is 12.4. The maximum atomic E-state index is 3.63. The van der Waals surface area contributed by atoms with Gasteiger partial charge in [-0.3, -0.25) is 0 Å². The Kier molecular flexibility index (Phi) is 3.77. The molecule has 3 heteroatoms. The summed E-state index contributed by atoms with van der Waals surface area (Å²) in [5.41, 5.74) is 2.58. The molecule has 1 aromatic carbocycles. The lowest BCUT2D eigenvalue weighted by Gasteiger charge is -2.17. The Morgan fingerprint density at radius 1 is 1.05 bits per heavy atom. The van der Waals surface area contributed by atoms with Gasteiger partial charge in [0.2, 0.25) is 0 Å². The third kappa shape index (κ3) is 2.95. The summed E-state index contributed by atoms with van der Waals surface area (Å²) in [6.07, 6.45) is 3.99. The molecule has 96 valence electrons. The fourth-order valence-electron chi connectivity index (χ4n) is 2.17. The molecule has 2 aromatic heterocycles. The molecule has 2 heterocycles. The van der Waals surface area contributed by atoms with Gasteiger partial charge in [0.1, 0.15) is 0 Å². The number of benzene rings is 1. The van der Waals surface area contributed by atoms with E-state index in [4.69, 9.17) is 0 Å². The molecule has 3 rings (SSSR count). The van der Waals surface area contributed by atoms with Crippen molar-refractivity contribution < 1.29 is 0 Å². The van der Waals surface area contributed by atoms with Crippen LogP contribution < -0.4 is 5.32 Å². The highest BCUT2D eigenvalue weighted by Crippen LogP contribution is 2.26. The first-order valence-corrected chi connectivity index (χ1v) is 7.25. The molecule has 0 saturated heterocycles. The molecule has 2 nitrogen and oxygen atoms in total. The topological polar surface area (TPSA) is 27.8 Å². The predicted octanol–water partition coefficient (Wildman–Crippen LogP) is 3.96. The molecule has 19 heavy (non-hydrogen) atoms. The third-order valence-electron chi connectivity index (χ3n) is 3.13. The number of aromatic nitrogens is 1. The van der Waals surface area contributed by atoms with E-state index in [1.165, 1.54) is 16.0 Å². The van der Waals surface area contributed by atoms with Crippen molar-refractivity contribution >= 4 is 11.3 Å². The molecule has 0 aliphatic carbocycles. The highest BCUT2D eigenvalue weighted by atomic mass is 32.1. The van der Waals surface area contributed by atoms with Crippen LogP contribution in [0.25, 0.3) is 0 Å². The van der Waals surface area contributed by atoms with Crippen molar-refractivity contribution in [3.05, 3.63) is 82.3 Å². The van der Waals surface area contributed by atoms with Crippen molar-refractivity contribution in [2.75, 3.05) is 0 Å². The minimum atomic E-state index is 0.260. The summed E-state index contributed by atoms with van der Waals surface area (Å²) in [5.74, 6) is 0. The average Bonchev–Trinajstić information content (AvgIpc) is 3.13. The summed E-state index contributed by atoms with van der Waals surface area (Å²) in [7, 11) is 0. The molecule has 0 aliphatic rings. The van der Waals surface area contributed by atoms with E-state index in [2.05, 4.69) is 64.2 Å². The number of nitrogens with one attached hydrogen (secondary N) is 2. The molecule has 1 unspecified atom stereocenters. The Hall–Kier alpha value is -1.84. The SMILES string of the molecule is c1ccc(C(NCc2cc[nH]c2)c2cccs2)cc1. The molecule has 0 fully saturated rings. The molecule has 2 N–H and O–H groups in total. The monoisotopic (exact) mass is 268 g/mol. The van der Waals surface area contributed by atoms with E-state index in [1.807, 2.05) is 12.4 Å². The number of thiophene rings is 1. The second kappa shape index (κ2) is 5.87. The van der Waals surface area contributed by atoms with Crippen LogP contribution in [0.3, 0.4) is 0 Å². The first kappa shape index (κ1) is 12.2. The molecular weight excluding hydrogens is 252 g/mol. The van der Waals surface area contributed by atoms with Gasteiger partial charge >= 0.3 is 0 Å². The van der Waals surface area contributed by atoms with Gasteiger partial charge in [-0.1, -0.05) is 36.4 Å². The lowest BCUT2D eigenvalue weighted by Crippen LogP contribution is -2.20. The average molecular weight is 268 g/mol. The molecule has 0 radical (unpaired) electrons. The highest BCUT2D eigenvalue weighted by Gasteiger charge is 2.14. The first-order valence-electron chi connectivity index (χ1n) is 6.37. The van der Waals surface area contributed by atoms with Crippen LogP contribution in [-0.4, -0.2) is 4.98 Å². The van der Waals surface area contributed by atoms with Gasteiger partial charge in [0, 0.05) is 23.8 Å². The number of aromatic amines is 1. The Morgan fingerprint density at radius 3 is 2.63 bits per heavy atom. The van der Waals surface area contributed by atoms with Gasteiger partial charge in [0.05, 0.1) is 6.04 Å². The maximum Gasteiger partial charge on any atom is 0.0673 e. The highest BCUT2D eigenvalue weighted by molar-refractivity contribution is 7.10. The quantitative estimate of drug-likeness (QED) is 0.720. The molecule has 0 spiro atoms. The Morgan fingerprint density at radius 2 is 1.95 bits per heavy atom. The standard InChI is InChI=1S/C16H16N2S/c1-2-5-14(6-3-1)16(15-7-4-10-19-15)18-12-13-8-9-17-11-13/h1-11,16-18H,12H2. The van der Waals surface area contributed by atoms with Crippen molar-refractivity contribution in [3.8, 4) is 0 Å². The van der Waals surface area contributed by atoms with Gasteiger partial charge < -0.3 is 10.3 Å². The Labute approximate surface area is 117 Å². The molecule has 0 amide bonds. The van der Waals surface area contributed by atoms with Gasteiger partial charge in [-0.25, -0.2) is 0 Å². The van der Waals surface area contributed by atoms with Crippen molar-refractivity contribution in [2.45, 2.75) is 12.6 Å². The van der Waals surface area contributed by atoms with E-state index in [9.17, 15) is 0 Å². The van der Waals surface area contributed by atoms with Crippen molar-refractivity contribution in [2.24, 2.45) is 0 Å². The zero-order valence-electron chi connectivity index (χ0n) is 10.5. The van der Waals surface area contributed by atoms with E-state index in [0.717, 1.165) is 6.54 Å². The van der Waals surface area contributed by atoms with E-state index in [1.54, 1.807) is 11.3 Å². The summed E-state index contributed by atoms with van der Waals surface area (Å²) in [5, 5.41) is 5.76. The lowest BCUT2D eigenvalue weighted by atomic mass is 10.1. The van der Waals surface area contributed by atoms with Gasteiger partial charge in [-0.15, -0.1) is 11.3 Å². The first-order chi connectivity index (χ1) is 9.43. The summed E-state index contributed by atoms with van der Waals surface area (Å²) in [4.78, 5) is 4.44. The smallest absolute Gasteiger partial charge is 0.0673 e. The summed E-state index contributed by atoms with van der Waals surface area (Å²) >= 11 is 1.79. The summed E-state index contributed by atoms with van der Waals surface area (Å²) in [6, 6.07) is 17.2. The molecule has 3 aromatic rings. The van der Waals surface area contributed by atoms with Crippen molar-refractivity contribution in [1.29, 1.82) is 0 Å². The van der Waals surface area contributed by atoms with Crippen LogP contribution in [0.4, 0.5) is 0 Å². The Balaban J connectivity index is 1.81. The van der Waals surface area contributed by atoms with Gasteiger partial charge in [-0.05, 0) is 28.6 Å². The third-order valence-corrected chi connectivity index (χ3v) is 4.07. The molecular formula is C16H16N2S. The number of H-pyrrole nitrogens is 1. The molecule has 0 aliphatic heterocycles. The fraction of sp³-hybridized carbons (Fsp3) is 0.125. The number of hydrogen-bond acceptors (Lipinski definition) is 2. The van der Waals surface area contributed by atoms with E-state index < -0.39 is 0 Å². The minimum absolute atomic E-state index is 0.260. The second-order valence-electron chi connectivity index (χ2n) is 4.46. The van der Waals surface area contributed by atoms with Crippen LogP contribution >= 0.6 is 11.3 Å². The largest absolute Gasteiger partial charge is 0.367 e. The second-order valence-corrected chi connectivity index (χ2v) is 5.44. The van der Waals surface area contributed by atoms with E-state index >= 15 is 0 Å². The van der Waals surface area contributed by atoms with Gasteiger partial charge in [-0.2, -0.15) is 0 Å². The molecule has 0 saturated carbocycles. The minimum Gasteiger partial charge on any atom is -0.367 e. The fourth-order valence-corrected chi connectivity index (χ4v) is 3.00. The maximum absolute atomic E-state index is 3.63.